The largest absolute Gasteiger partial charge is 0.381 e. The van der Waals surface area contributed by atoms with E-state index in [-0.39, 0.29) is 5.03 Å². The van der Waals surface area contributed by atoms with Gasteiger partial charge in [-0.15, -0.1) is 0 Å². The fraction of sp³-hybridized carbons (Fsp3) is 0.700. The maximum absolute atomic E-state index is 12.1. The number of rotatable bonds is 4. The molecule has 2 heterocycles. The number of aromatic amines is 1. The number of ether oxygens (including phenoxy) is 1. The molecule has 0 radical (unpaired) electrons. The molecule has 6 nitrogen and oxygen atoms in total. The molecule has 0 saturated carbocycles. The lowest BCUT2D eigenvalue weighted by molar-refractivity contribution is 0.0620. The Morgan fingerprint density at radius 2 is 2.24 bits per heavy atom. The Morgan fingerprint density at radius 3 is 2.82 bits per heavy atom. The van der Waals surface area contributed by atoms with Gasteiger partial charge < -0.3 is 9.72 Å². The zero-order chi connectivity index (χ0) is 12.3. The maximum Gasteiger partial charge on any atom is 0.259 e. The Bertz CT molecular complexity index is 437. The van der Waals surface area contributed by atoms with Crippen LogP contribution in [-0.2, 0) is 14.8 Å². The molecule has 0 aliphatic carbocycles. The third-order valence-electron chi connectivity index (χ3n) is 3.02. The highest BCUT2D eigenvalue weighted by molar-refractivity contribution is 7.89. The third kappa shape index (κ3) is 2.85. The Kier molecular flexibility index (Phi) is 3.80. The predicted molar refractivity (Wildman–Crippen MR) is 61.9 cm³/mol. The van der Waals surface area contributed by atoms with Crippen LogP contribution in [0.25, 0.3) is 0 Å². The summed E-state index contributed by atoms with van der Waals surface area (Å²) in [5.74, 6) is 0.381. The fourth-order valence-electron chi connectivity index (χ4n) is 1.94. The maximum atomic E-state index is 12.1. The highest BCUT2D eigenvalue weighted by Crippen LogP contribution is 2.19. The number of aromatic nitrogens is 2. The molecule has 1 N–H and O–H groups in total. The van der Waals surface area contributed by atoms with Crippen LogP contribution in [-0.4, -0.2) is 49.5 Å². The van der Waals surface area contributed by atoms with E-state index in [4.69, 9.17) is 4.74 Å². The minimum absolute atomic E-state index is 0.145. The van der Waals surface area contributed by atoms with Gasteiger partial charge in [0.25, 0.3) is 10.0 Å². The molecule has 0 unspecified atom stereocenters. The monoisotopic (exact) mass is 259 g/mol. The van der Waals surface area contributed by atoms with E-state index in [2.05, 4.69) is 9.97 Å². The molecule has 0 atom stereocenters. The van der Waals surface area contributed by atoms with E-state index in [0.29, 0.717) is 12.5 Å². The molecule has 1 aromatic heterocycles. The van der Waals surface area contributed by atoms with Crippen molar-refractivity contribution in [3.8, 4) is 0 Å². The van der Waals surface area contributed by atoms with Crippen LogP contribution < -0.4 is 0 Å². The van der Waals surface area contributed by atoms with Gasteiger partial charge in [0, 0.05) is 26.8 Å². The van der Waals surface area contributed by atoms with E-state index < -0.39 is 10.0 Å². The van der Waals surface area contributed by atoms with Crippen LogP contribution >= 0.6 is 0 Å². The van der Waals surface area contributed by atoms with Gasteiger partial charge in [-0.05, 0) is 18.8 Å². The molecule has 2 rings (SSSR count). The summed E-state index contributed by atoms with van der Waals surface area (Å²) < 4.78 is 30.8. The molecule has 0 amide bonds. The molecule has 96 valence electrons. The van der Waals surface area contributed by atoms with Gasteiger partial charge in [-0.2, -0.15) is 4.31 Å². The first-order valence-electron chi connectivity index (χ1n) is 5.63. The molecule has 1 aliphatic heterocycles. The summed E-state index contributed by atoms with van der Waals surface area (Å²) in [4.78, 5) is 6.37. The molecular weight excluding hydrogens is 242 g/mol. The standard InChI is InChI=1S/C10H17N3O3S/c1-13(7-9-2-4-16-5-3-9)17(14,15)10-6-11-8-12-10/h6,8-9H,2-5,7H2,1H3,(H,11,12). The van der Waals surface area contributed by atoms with Gasteiger partial charge in [-0.3, -0.25) is 0 Å². The lowest BCUT2D eigenvalue weighted by Gasteiger charge is -2.26. The second-order valence-electron chi connectivity index (χ2n) is 4.26. The SMILES string of the molecule is CN(CC1CCOCC1)S(=O)(=O)c1cnc[nH]1. The highest BCUT2D eigenvalue weighted by Gasteiger charge is 2.25. The van der Waals surface area contributed by atoms with Crippen molar-refractivity contribution in [2.45, 2.75) is 17.9 Å². The van der Waals surface area contributed by atoms with Crippen molar-refractivity contribution in [3.05, 3.63) is 12.5 Å². The first-order valence-corrected chi connectivity index (χ1v) is 7.07. The van der Waals surface area contributed by atoms with Gasteiger partial charge in [0.1, 0.15) is 0 Å². The first kappa shape index (κ1) is 12.5. The number of imidazole rings is 1. The van der Waals surface area contributed by atoms with Gasteiger partial charge in [0.05, 0.1) is 12.5 Å². The van der Waals surface area contributed by atoms with Crippen molar-refractivity contribution in [3.63, 3.8) is 0 Å². The van der Waals surface area contributed by atoms with E-state index in [1.165, 1.54) is 16.8 Å². The Labute approximate surface area is 101 Å². The Hall–Kier alpha value is -0.920. The predicted octanol–water partition coefficient (Wildman–Crippen LogP) is 0.457. The lowest BCUT2D eigenvalue weighted by Crippen LogP contribution is -2.34. The summed E-state index contributed by atoms with van der Waals surface area (Å²) in [7, 11) is -1.82. The highest BCUT2D eigenvalue weighted by atomic mass is 32.2. The molecule has 1 aliphatic rings. The zero-order valence-electron chi connectivity index (χ0n) is 9.80. The smallest absolute Gasteiger partial charge is 0.259 e. The molecule has 1 aromatic rings. The van der Waals surface area contributed by atoms with Gasteiger partial charge in [-0.1, -0.05) is 0 Å². The lowest BCUT2D eigenvalue weighted by atomic mass is 10.0. The minimum atomic E-state index is -3.42. The summed E-state index contributed by atoms with van der Waals surface area (Å²) >= 11 is 0. The van der Waals surface area contributed by atoms with Crippen LogP contribution in [0.4, 0.5) is 0 Å². The van der Waals surface area contributed by atoms with Crippen molar-refractivity contribution in [2.75, 3.05) is 26.8 Å². The summed E-state index contributed by atoms with van der Waals surface area (Å²) in [5.41, 5.74) is 0. The van der Waals surface area contributed by atoms with Crippen LogP contribution in [0.5, 0.6) is 0 Å². The number of H-pyrrole nitrogens is 1. The second-order valence-corrected chi connectivity index (χ2v) is 6.27. The third-order valence-corrected chi connectivity index (χ3v) is 4.77. The van der Waals surface area contributed by atoms with Crippen molar-refractivity contribution in [1.29, 1.82) is 0 Å². The van der Waals surface area contributed by atoms with Crippen molar-refractivity contribution >= 4 is 10.0 Å². The second kappa shape index (κ2) is 5.16. The van der Waals surface area contributed by atoms with Gasteiger partial charge in [0.15, 0.2) is 5.03 Å². The van der Waals surface area contributed by atoms with Gasteiger partial charge in [-0.25, -0.2) is 13.4 Å². The molecule has 0 spiro atoms. The molecule has 0 bridgehead atoms. The molecule has 17 heavy (non-hydrogen) atoms. The van der Waals surface area contributed by atoms with Crippen LogP contribution in [0.2, 0.25) is 0 Å². The zero-order valence-corrected chi connectivity index (χ0v) is 10.6. The van der Waals surface area contributed by atoms with Crippen LogP contribution in [0.15, 0.2) is 17.6 Å². The first-order chi connectivity index (χ1) is 8.10. The van der Waals surface area contributed by atoms with Crippen LogP contribution in [0.1, 0.15) is 12.8 Å². The normalized spacial score (nSPS) is 18.7. The topological polar surface area (TPSA) is 75.3 Å². The Morgan fingerprint density at radius 1 is 1.53 bits per heavy atom. The van der Waals surface area contributed by atoms with Crippen LogP contribution in [0.3, 0.4) is 0 Å². The van der Waals surface area contributed by atoms with Crippen molar-refractivity contribution in [2.24, 2.45) is 5.92 Å². The summed E-state index contributed by atoms with van der Waals surface area (Å²) in [6.45, 7) is 1.98. The van der Waals surface area contributed by atoms with E-state index in [1.807, 2.05) is 0 Å². The quantitative estimate of drug-likeness (QED) is 0.852. The number of hydrogen-bond acceptors (Lipinski definition) is 4. The average molecular weight is 259 g/mol. The average Bonchev–Trinajstić information content (AvgIpc) is 2.84. The molecular formula is C10H17N3O3S. The van der Waals surface area contributed by atoms with Crippen LogP contribution in [0, 0.1) is 5.92 Å². The van der Waals surface area contributed by atoms with Crippen molar-refractivity contribution < 1.29 is 13.2 Å². The molecule has 1 saturated heterocycles. The molecule has 7 heteroatoms. The number of hydrogen-bond donors (Lipinski definition) is 1. The van der Waals surface area contributed by atoms with Crippen molar-refractivity contribution in [1.82, 2.24) is 14.3 Å². The van der Waals surface area contributed by atoms with Gasteiger partial charge >= 0.3 is 0 Å². The van der Waals surface area contributed by atoms with Gasteiger partial charge in [0.2, 0.25) is 0 Å². The Balaban J connectivity index is 2.01. The van der Waals surface area contributed by atoms with E-state index in [1.54, 1.807) is 7.05 Å². The van der Waals surface area contributed by atoms with E-state index in [9.17, 15) is 8.42 Å². The number of nitrogens with zero attached hydrogens (tertiary/aromatic N) is 2. The summed E-state index contributed by atoms with van der Waals surface area (Å²) in [5, 5.41) is 0.145. The number of nitrogens with one attached hydrogen (secondary N) is 1. The van der Waals surface area contributed by atoms with E-state index in [0.717, 1.165) is 26.1 Å². The molecule has 1 fully saturated rings. The summed E-state index contributed by atoms with van der Waals surface area (Å²) in [6, 6.07) is 0. The fourth-order valence-corrected chi connectivity index (χ4v) is 3.08. The number of sulfonamides is 1. The summed E-state index contributed by atoms with van der Waals surface area (Å²) in [6.07, 6.45) is 4.54. The minimum Gasteiger partial charge on any atom is -0.381 e. The van der Waals surface area contributed by atoms with E-state index >= 15 is 0 Å². The molecule has 0 aromatic carbocycles.